The molecule has 0 saturated heterocycles. The fourth-order valence-corrected chi connectivity index (χ4v) is 9.04. The number of ether oxygens (including phenoxy) is 1. The summed E-state index contributed by atoms with van der Waals surface area (Å²) in [5.41, 5.74) is 2.55. The third-order valence-electron chi connectivity index (χ3n) is 11.1. The summed E-state index contributed by atoms with van der Waals surface area (Å²) in [5, 5.41) is 0. The Kier molecular flexibility index (Phi) is 8.77. The monoisotopic (exact) mass is 485 g/mol. The maximum Gasteiger partial charge on any atom is 0.306 e. The van der Waals surface area contributed by atoms with Crippen LogP contribution in [0.5, 0.6) is 0 Å². The molecule has 0 aromatic carbocycles. The molecule has 4 rings (SSSR count). The first kappa shape index (κ1) is 27.2. The molecule has 0 aromatic rings. The van der Waals surface area contributed by atoms with Crippen LogP contribution < -0.4 is 0 Å². The topological polar surface area (TPSA) is 29.5 Å². The Morgan fingerprint density at radius 2 is 1.86 bits per heavy atom. The lowest BCUT2D eigenvalue weighted by Gasteiger charge is -2.58. The summed E-state index contributed by atoms with van der Waals surface area (Å²) < 4.78 is 5.97. The minimum atomic E-state index is 0.00793. The van der Waals surface area contributed by atoms with Crippen molar-refractivity contribution in [1.29, 1.82) is 0 Å². The number of carbonyl (C=O) groups excluding carboxylic acids is 1. The van der Waals surface area contributed by atoms with Crippen LogP contribution >= 0.6 is 0 Å². The quantitative estimate of drug-likeness (QED) is 0.178. The summed E-state index contributed by atoms with van der Waals surface area (Å²) in [6.07, 6.45) is 20.2. The van der Waals surface area contributed by atoms with Crippen LogP contribution in [0.1, 0.15) is 118 Å². The minimum absolute atomic E-state index is 0.00793. The summed E-state index contributed by atoms with van der Waals surface area (Å²) in [4.78, 5) is 14.6. The van der Waals surface area contributed by atoms with E-state index in [1.165, 1.54) is 64.2 Å². The van der Waals surface area contributed by atoms with E-state index >= 15 is 0 Å². The Morgan fingerprint density at radius 3 is 2.60 bits per heavy atom. The van der Waals surface area contributed by atoms with Gasteiger partial charge in [0.1, 0.15) is 6.10 Å². The van der Waals surface area contributed by atoms with Gasteiger partial charge in [-0.05, 0) is 119 Å². The van der Waals surface area contributed by atoms with Crippen LogP contribution in [0, 0.1) is 40.4 Å². The molecule has 4 aliphatic rings. The SMILES string of the molecule is CC(C)CCCCC1CCC2C3CC=C4CC(OC(=O)CCCN(C)C)CCC4(C)C3CCC12C. The maximum absolute atomic E-state index is 12.4. The highest BCUT2D eigenvalue weighted by Crippen LogP contribution is 2.66. The lowest BCUT2D eigenvalue weighted by molar-refractivity contribution is -0.151. The average Bonchev–Trinajstić information content (AvgIpc) is 3.13. The van der Waals surface area contributed by atoms with Crippen LogP contribution in [-0.2, 0) is 9.53 Å². The first-order chi connectivity index (χ1) is 16.6. The Hall–Kier alpha value is -0.830. The van der Waals surface area contributed by atoms with Crippen molar-refractivity contribution in [3.05, 3.63) is 11.6 Å². The van der Waals surface area contributed by atoms with Gasteiger partial charge in [-0.2, -0.15) is 0 Å². The number of nitrogens with zero attached hydrogens (tertiary/aromatic N) is 1. The molecular weight excluding hydrogens is 430 g/mol. The largest absolute Gasteiger partial charge is 0.462 e. The first-order valence-corrected chi connectivity index (χ1v) is 15.2. The van der Waals surface area contributed by atoms with Crippen molar-refractivity contribution in [2.75, 3.05) is 20.6 Å². The second-order valence-corrected chi connectivity index (χ2v) is 14.0. The highest BCUT2D eigenvalue weighted by atomic mass is 16.5. The molecule has 0 spiro atoms. The van der Waals surface area contributed by atoms with Gasteiger partial charge in [0, 0.05) is 12.8 Å². The van der Waals surface area contributed by atoms with Crippen LogP contribution in [-0.4, -0.2) is 37.6 Å². The number of esters is 1. The molecule has 7 unspecified atom stereocenters. The Labute approximate surface area is 216 Å². The first-order valence-electron chi connectivity index (χ1n) is 15.2. The Morgan fingerprint density at radius 1 is 1.06 bits per heavy atom. The number of rotatable bonds is 10. The molecule has 3 saturated carbocycles. The van der Waals surface area contributed by atoms with E-state index in [0.717, 1.165) is 55.4 Å². The molecule has 35 heavy (non-hydrogen) atoms. The van der Waals surface area contributed by atoms with E-state index in [9.17, 15) is 4.79 Å². The summed E-state index contributed by atoms with van der Waals surface area (Å²) in [6.45, 7) is 10.9. The van der Waals surface area contributed by atoms with Gasteiger partial charge >= 0.3 is 5.97 Å². The summed E-state index contributed by atoms with van der Waals surface area (Å²) in [5.74, 6) is 4.47. The number of unbranched alkanes of at least 4 members (excludes halogenated alkanes) is 1. The lowest BCUT2D eigenvalue weighted by Crippen LogP contribution is -2.50. The zero-order valence-electron chi connectivity index (χ0n) is 23.9. The molecular formula is C32H55NO2. The number of hydrogen-bond donors (Lipinski definition) is 0. The number of allylic oxidation sites excluding steroid dienone is 1. The molecule has 7 atom stereocenters. The van der Waals surface area contributed by atoms with Gasteiger partial charge in [0.2, 0.25) is 0 Å². The van der Waals surface area contributed by atoms with Crippen LogP contribution in [0.4, 0.5) is 0 Å². The van der Waals surface area contributed by atoms with Crippen LogP contribution in [0.3, 0.4) is 0 Å². The fourth-order valence-electron chi connectivity index (χ4n) is 9.04. The minimum Gasteiger partial charge on any atom is -0.462 e. The smallest absolute Gasteiger partial charge is 0.306 e. The predicted molar refractivity (Wildman–Crippen MR) is 146 cm³/mol. The van der Waals surface area contributed by atoms with Crippen molar-refractivity contribution in [2.45, 2.75) is 124 Å². The normalized spacial score (nSPS) is 38.6. The highest BCUT2D eigenvalue weighted by Gasteiger charge is 2.58. The molecule has 3 heteroatoms. The van der Waals surface area contributed by atoms with Crippen molar-refractivity contribution in [1.82, 2.24) is 4.90 Å². The van der Waals surface area contributed by atoms with Gasteiger partial charge in [-0.25, -0.2) is 0 Å². The molecule has 3 fully saturated rings. The molecule has 0 amide bonds. The van der Waals surface area contributed by atoms with E-state index in [1.807, 2.05) is 0 Å². The van der Waals surface area contributed by atoms with Crippen LogP contribution in [0.2, 0.25) is 0 Å². The average molecular weight is 486 g/mol. The maximum atomic E-state index is 12.4. The number of carbonyl (C=O) groups is 1. The van der Waals surface area contributed by atoms with Gasteiger partial charge in [0.05, 0.1) is 0 Å². The van der Waals surface area contributed by atoms with Gasteiger partial charge in [-0.1, -0.05) is 58.6 Å². The number of hydrogen-bond acceptors (Lipinski definition) is 3. The molecule has 0 heterocycles. The third kappa shape index (κ3) is 5.86. The molecule has 0 bridgehead atoms. The summed E-state index contributed by atoms with van der Waals surface area (Å²) in [7, 11) is 4.12. The fraction of sp³-hybridized carbons (Fsp3) is 0.906. The molecule has 0 radical (unpaired) electrons. The number of fused-ring (bicyclic) bond motifs is 5. The van der Waals surface area contributed by atoms with Gasteiger partial charge < -0.3 is 9.64 Å². The van der Waals surface area contributed by atoms with Crippen LogP contribution in [0.15, 0.2) is 11.6 Å². The van der Waals surface area contributed by atoms with E-state index in [4.69, 9.17) is 4.74 Å². The molecule has 0 aromatic heterocycles. The van der Waals surface area contributed by atoms with E-state index in [1.54, 1.807) is 5.57 Å². The van der Waals surface area contributed by atoms with E-state index in [2.05, 4.69) is 52.8 Å². The van der Waals surface area contributed by atoms with Gasteiger partial charge in [0.25, 0.3) is 0 Å². The second kappa shape index (κ2) is 11.3. The van der Waals surface area contributed by atoms with Gasteiger partial charge in [-0.15, -0.1) is 0 Å². The molecule has 200 valence electrons. The molecule has 0 N–H and O–H groups in total. The zero-order valence-corrected chi connectivity index (χ0v) is 23.9. The van der Waals surface area contributed by atoms with Crippen molar-refractivity contribution in [2.24, 2.45) is 40.4 Å². The Bertz CT molecular complexity index is 757. The van der Waals surface area contributed by atoms with Crippen molar-refractivity contribution >= 4 is 5.97 Å². The van der Waals surface area contributed by atoms with Gasteiger partial charge in [0.15, 0.2) is 0 Å². The molecule has 0 aliphatic heterocycles. The zero-order chi connectivity index (χ0) is 25.2. The Balaban J connectivity index is 1.35. The molecule has 3 nitrogen and oxygen atoms in total. The van der Waals surface area contributed by atoms with Gasteiger partial charge in [-0.3, -0.25) is 4.79 Å². The van der Waals surface area contributed by atoms with Crippen molar-refractivity contribution in [3.63, 3.8) is 0 Å². The highest BCUT2D eigenvalue weighted by molar-refractivity contribution is 5.69. The van der Waals surface area contributed by atoms with Crippen molar-refractivity contribution in [3.8, 4) is 0 Å². The van der Waals surface area contributed by atoms with Crippen LogP contribution in [0.25, 0.3) is 0 Å². The van der Waals surface area contributed by atoms with Crippen molar-refractivity contribution < 1.29 is 9.53 Å². The standard InChI is InChI=1S/C32H55NO2/c1-23(2)10-7-8-11-24-14-16-28-27-15-13-25-22-26(35-30(34)12-9-21-33(5)6)17-19-32(25,4)29(27)18-20-31(24,28)3/h13,23-24,26-29H,7-12,14-22H2,1-6H3. The second-order valence-electron chi connectivity index (χ2n) is 14.0. The lowest BCUT2D eigenvalue weighted by atomic mass is 9.47. The summed E-state index contributed by atoms with van der Waals surface area (Å²) in [6, 6.07) is 0. The molecule has 4 aliphatic carbocycles. The summed E-state index contributed by atoms with van der Waals surface area (Å²) >= 11 is 0. The predicted octanol–water partition coefficient (Wildman–Crippen LogP) is 8.04. The third-order valence-corrected chi connectivity index (χ3v) is 11.1. The van der Waals surface area contributed by atoms with E-state index in [0.29, 0.717) is 17.3 Å². The van der Waals surface area contributed by atoms with E-state index in [-0.39, 0.29) is 12.1 Å². The van der Waals surface area contributed by atoms with E-state index < -0.39 is 0 Å².